The molecule has 2 aromatic rings. The molecule has 0 aliphatic rings. The van der Waals surface area contributed by atoms with Crippen LogP contribution in [0.15, 0.2) is 34.7 Å². The minimum absolute atomic E-state index is 0.127. The molecule has 0 radical (unpaired) electrons. The van der Waals surface area contributed by atoms with Crippen molar-refractivity contribution < 1.29 is 9.21 Å². The molecule has 0 aliphatic carbocycles. The number of furan rings is 1. The average molecular weight is 244 g/mol. The van der Waals surface area contributed by atoms with Gasteiger partial charge in [-0.1, -0.05) is 50.8 Å². The van der Waals surface area contributed by atoms with E-state index in [9.17, 15) is 4.79 Å². The summed E-state index contributed by atoms with van der Waals surface area (Å²) in [6.07, 6.45) is 6.43. The number of ketones is 1. The molecular weight excluding hydrogens is 224 g/mol. The molecule has 0 aliphatic heterocycles. The second-order valence-electron chi connectivity index (χ2n) is 4.74. The van der Waals surface area contributed by atoms with Crippen molar-refractivity contribution in [3.63, 3.8) is 0 Å². The maximum Gasteiger partial charge on any atom is 0.198 e. The Kier molecular flexibility index (Phi) is 4.57. The highest BCUT2D eigenvalue weighted by molar-refractivity contribution is 5.97. The van der Waals surface area contributed by atoms with E-state index in [4.69, 9.17) is 4.42 Å². The molecule has 1 aromatic heterocycles. The summed E-state index contributed by atoms with van der Waals surface area (Å²) in [5, 5.41) is 1.01. The van der Waals surface area contributed by atoms with Crippen molar-refractivity contribution >= 4 is 16.8 Å². The molecule has 0 N–H and O–H groups in total. The summed E-state index contributed by atoms with van der Waals surface area (Å²) in [4.78, 5) is 12.0. The van der Waals surface area contributed by atoms with E-state index in [0.29, 0.717) is 12.2 Å². The molecule has 2 rings (SSSR count). The molecule has 0 bridgehead atoms. The quantitative estimate of drug-likeness (QED) is 0.508. The van der Waals surface area contributed by atoms with Crippen LogP contribution in [0.5, 0.6) is 0 Å². The molecule has 1 aromatic carbocycles. The molecule has 96 valence electrons. The molecule has 0 spiro atoms. The Hall–Kier alpha value is -1.57. The zero-order valence-corrected chi connectivity index (χ0v) is 10.9. The lowest BCUT2D eigenvalue weighted by molar-refractivity contribution is 0.0954. The van der Waals surface area contributed by atoms with E-state index in [0.717, 1.165) is 23.8 Å². The standard InChI is InChI=1S/C16H20O2/c1-2-3-4-5-6-10-14(17)16-12-13-9-7-8-11-15(13)18-16/h7-9,11-12H,2-6,10H2,1H3. The van der Waals surface area contributed by atoms with E-state index in [1.807, 2.05) is 30.3 Å². The number of para-hydroxylation sites is 1. The topological polar surface area (TPSA) is 30.2 Å². The summed E-state index contributed by atoms with van der Waals surface area (Å²) in [7, 11) is 0. The molecule has 0 saturated carbocycles. The number of fused-ring (bicyclic) bond motifs is 1. The van der Waals surface area contributed by atoms with Gasteiger partial charge in [-0.25, -0.2) is 0 Å². The fourth-order valence-electron chi connectivity index (χ4n) is 2.13. The molecule has 2 heteroatoms. The zero-order chi connectivity index (χ0) is 12.8. The number of hydrogen-bond donors (Lipinski definition) is 0. The molecule has 0 saturated heterocycles. The summed E-state index contributed by atoms with van der Waals surface area (Å²) in [5.41, 5.74) is 0.798. The molecule has 0 amide bonds. The lowest BCUT2D eigenvalue weighted by atomic mass is 10.1. The molecule has 2 nitrogen and oxygen atoms in total. The van der Waals surface area contributed by atoms with Crippen LogP contribution in [0.4, 0.5) is 0 Å². The number of carbonyl (C=O) groups excluding carboxylic acids is 1. The molecule has 0 unspecified atom stereocenters. The SMILES string of the molecule is CCCCCCCC(=O)c1cc2ccccc2o1. The van der Waals surface area contributed by atoms with Crippen LogP contribution in [-0.2, 0) is 0 Å². The fraction of sp³-hybridized carbons (Fsp3) is 0.438. The largest absolute Gasteiger partial charge is 0.453 e. The number of hydrogen-bond acceptors (Lipinski definition) is 2. The second-order valence-corrected chi connectivity index (χ2v) is 4.74. The van der Waals surface area contributed by atoms with Crippen molar-refractivity contribution in [2.45, 2.75) is 45.4 Å². The van der Waals surface area contributed by atoms with Gasteiger partial charge < -0.3 is 4.42 Å². The first kappa shape index (κ1) is 12.9. The van der Waals surface area contributed by atoms with Crippen LogP contribution in [-0.4, -0.2) is 5.78 Å². The zero-order valence-electron chi connectivity index (χ0n) is 10.9. The Balaban J connectivity index is 1.88. The monoisotopic (exact) mass is 244 g/mol. The van der Waals surface area contributed by atoms with Crippen LogP contribution in [0.2, 0.25) is 0 Å². The second kappa shape index (κ2) is 6.39. The predicted octanol–water partition coefficient (Wildman–Crippen LogP) is 4.98. The van der Waals surface area contributed by atoms with Crippen LogP contribution < -0.4 is 0 Å². The van der Waals surface area contributed by atoms with Gasteiger partial charge >= 0.3 is 0 Å². The smallest absolute Gasteiger partial charge is 0.198 e. The number of Topliss-reactive ketones (excluding diaryl/α,β-unsaturated/α-hetero) is 1. The lowest BCUT2D eigenvalue weighted by Gasteiger charge is -1.98. The van der Waals surface area contributed by atoms with Crippen molar-refractivity contribution in [3.05, 3.63) is 36.1 Å². The van der Waals surface area contributed by atoms with Gasteiger partial charge in [-0.2, -0.15) is 0 Å². The summed E-state index contributed by atoms with van der Waals surface area (Å²) >= 11 is 0. The summed E-state index contributed by atoms with van der Waals surface area (Å²) in [6, 6.07) is 9.59. The summed E-state index contributed by atoms with van der Waals surface area (Å²) in [6.45, 7) is 2.19. The minimum atomic E-state index is 0.127. The molecular formula is C16H20O2. The van der Waals surface area contributed by atoms with Gasteiger partial charge in [-0.05, 0) is 18.6 Å². The van der Waals surface area contributed by atoms with Gasteiger partial charge in [-0.15, -0.1) is 0 Å². The normalized spacial score (nSPS) is 10.9. The number of carbonyl (C=O) groups is 1. The van der Waals surface area contributed by atoms with Crippen LogP contribution in [0, 0.1) is 0 Å². The van der Waals surface area contributed by atoms with Crippen LogP contribution in [0.3, 0.4) is 0 Å². The Labute approximate surface area is 108 Å². The lowest BCUT2D eigenvalue weighted by Crippen LogP contribution is -1.96. The molecule has 18 heavy (non-hydrogen) atoms. The molecule has 1 heterocycles. The van der Waals surface area contributed by atoms with Gasteiger partial charge in [0.15, 0.2) is 11.5 Å². The highest BCUT2D eigenvalue weighted by Crippen LogP contribution is 2.20. The van der Waals surface area contributed by atoms with Crippen molar-refractivity contribution in [1.29, 1.82) is 0 Å². The minimum Gasteiger partial charge on any atom is -0.453 e. The highest BCUT2D eigenvalue weighted by atomic mass is 16.3. The highest BCUT2D eigenvalue weighted by Gasteiger charge is 2.11. The van der Waals surface area contributed by atoms with Gasteiger partial charge in [0.05, 0.1) is 0 Å². The number of rotatable bonds is 7. The third-order valence-corrected chi connectivity index (χ3v) is 3.21. The Morgan fingerprint density at radius 2 is 1.89 bits per heavy atom. The van der Waals surface area contributed by atoms with Crippen molar-refractivity contribution in [1.82, 2.24) is 0 Å². The Morgan fingerprint density at radius 3 is 2.67 bits per heavy atom. The van der Waals surface area contributed by atoms with Gasteiger partial charge in [0.2, 0.25) is 0 Å². The van der Waals surface area contributed by atoms with E-state index in [1.165, 1.54) is 19.3 Å². The van der Waals surface area contributed by atoms with Crippen LogP contribution in [0.1, 0.15) is 56.0 Å². The average Bonchev–Trinajstić information content (AvgIpc) is 2.82. The van der Waals surface area contributed by atoms with Crippen molar-refractivity contribution in [3.8, 4) is 0 Å². The first-order valence-electron chi connectivity index (χ1n) is 6.83. The summed E-state index contributed by atoms with van der Waals surface area (Å²) < 4.78 is 5.56. The number of unbranched alkanes of at least 4 members (excludes halogenated alkanes) is 4. The van der Waals surface area contributed by atoms with Gasteiger partial charge in [0.25, 0.3) is 0 Å². The van der Waals surface area contributed by atoms with Crippen molar-refractivity contribution in [2.75, 3.05) is 0 Å². The van der Waals surface area contributed by atoms with E-state index in [1.54, 1.807) is 0 Å². The van der Waals surface area contributed by atoms with E-state index in [-0.39, 0.29) is 5.78 Å². The van der Waals surface area contributed by atoms with Gasteiger partial charge in [-0.3, -0.25) is 4.79 Å². The van der Waals surface area contributed by atoms with Crippen molar-refractivity contribution in [2.24, 2.45) is 0 Å². The maximum absolute atomic E-state index is 12.0. The third-order valence-electron chi connectivity index (χ3n) is 3.21. The molecule has 0 atom stereocenters. The van der Waals surface area contributed by atoms with E-state index >= 15 is 0 Å². The Bertz CT molecular complexity index is 478. The van der Waals surface area contributed by atoms with Gasteiger partial charge in [0, 0.05) is 11.8 Å². The number of benzene rings is 1. The first-order chi connectivity index (χ1) is 8.81. The van der Waals surface area contributed by atoms with Crippen LogP contribution in [0.25, 0.3) is 11.0 Å². The Morgan fingerprint density at radius 1 is 1.11 bits per heavy atom. The maximum atomic E-state index is 12.0. The summed E-state index contributed by atoms with van der Waals surface area (Å²) in [5.74, 6) is 0.634. The predicted molar refractivity (Wildman–Crippen MR) is 73.9 cm³/mol. The molecule has 0 fully saturated rings. The van der Waals surface area contributed by atoms with E-state index in [2.05, 4.69) is 6.92 Å². The van der Waals surface area contributed by atoms with E-state index < -0.39 is 0 Å². The third kappa shape index (κ3) is 3.22. The van der Waals surface area contributed by atoms with Gasteiger partial charge in [0.1, 0.15) is 5.58 Å². The first-order valence-corrected chi connectivity index (χ1v) is 6.83. The van der Waals surface area contributed by atoms with Crippen LogP contribution >= 0.6 is 0 Å². The fourth-order valence-corrected chi connectivity index (χ4v) is 2.13.